The number of ether oxygens (including phenoxy) is 1. The number of thioether (sulfide) groups is 1. The molecule has 3 rings (SSSR count). The number of carboxylic acid groups (broad SMARTS) is 1. The van der Waals surface area contributed by atoms with Crippen molar-refractivity contribution in [1.82, 2.24) is 9.80 Å². The Labute approximate surface area is 161 Å². The molecule has 146 valence electrons. The minimum Gasteiger partial charge on any atom is -0.478 e. The highest BCUT2D eigenvalue weighted by atomic mass is 32.2. The second-order valence-electron chi connectivity index (χ2n) is 7.94. The van der Waals surface area contributed by atoms with Gasteiger partial charge >= 0.3 is 5.97 Å². The van der Waals surface area contributed by atoms with Gasteiger partial charge in [-0.2, -0.15) is 0 Å². The molecule has 1 aliphatic carbocycles. The summed E-state index contributed by atoms with van der Waals surface area (Å²) in [4.78, 5) is 16.7. The SMILES string of the molecule is CCSC1=C(C(=O)O)C(C)=CC(N2CCOCC2)N1CCCC1(C)CC1. The van der Waals surface area contributed by atoms with Gasteiger partial charge in [-0.15, -0.1) is 11.8 Å². The molecule has 2 aliphatic heterocycles. The Morgan fingerprint density at radius 1 is 1.38 bits per heavy atom. The fraction of sp³-hybridized carbons (Fsp3) is 0.750. The lowest BCUT2D eigenvalue weighted by Crippen LogP contribution is -2.52. The molecule has 26 heavy (non-hydrogen) atoms. The molecule has 2 heterocycles. The maximum Gasteiger partial charge on any atom is 0.338 e. The number of rotatable bonds is 8. The smallest absolute Gasteiger partial charge is 0.338 e. The van der Waals surface area contributed by atoms with Crippen molar-refractivity contribution in [3.05, 3.63) is 22.3 Å². The first-order valence-electron chi connectivity index (χ1n) is 9.83. The summed E-state index contributed by atoms with van der Waals surface area (Å²) in [6.45, 7) is 10.6. The lowest BCUT2D eigenvalue weighted by molar-refractivity contribution is -0.132. The second-order valence-corrected chi connectivity index (χ2v) is 9.19. The van der Waals surface area contributed by atoms with Gasteiger partial charge in [-0.3, -0.25) is 4.90 Å². The van der Waals surface area contributed by atoms with Crippen molar-refractivity contribution in [2.75, 3.05) is 38.6 Å². The van der Waals surface area contributed by atoms with Crippen LogP contribution in [0.2, 0.25) is 0 Å². The van der Waals surface area contributed by atoms with Crippen molar-refractivity contribution < 1.29 is 14.6 Å². The van der Waals surface area contributed by atoms with Gasteiger partial charge in [-0.25, -0.2) is 4.79 Å². The molecule has 0 amide bonds. The van der Waals surface area contributed by atoms with Gasteiger partial charge in [0.05, 0.1) is 23.8 Å². The maximum atomic E-state index is 11.9. The number of nitrogens with zero attached hydrogens (tertiary/aromatic N) is 2. The summed E-state index contributed by atoms with van der Waals surface area (Å²) in [5.41, 5.74) is 1.90. The largest absolute Gasteiger partial charge is 0.478 e. The van der Waals surface area contributed by atoms with Crippen LogP contribution in [0.3, 0.4) is 0 Å². The Hall–Kier alpha value is -0.980. The van der Waals surface area contributed by atoms with Crippen molar-refractivity contribution in [3.8, 4) is 0 Å². The van der Waals surface area contributed by atoms with Crippen LogP contribution in [0.5, 0.6) is 0 Å². The average Bonchev–Trinajstić information content (AvgIpc) is 3.34. The lowest BCUT2D eigenvalue weighted by atomic mass is 10.0. The van der Waals surface area contributed by atoms with Gasteiger partial charge in [-0.1, -0.05) is 13.8 Å². The Kier molecular flexibility index (Phi) is 6.36. The van der Waals surface area contributed by atoms with E-state index in [0.717, 1.165) is 55.6 Å². The zero-order valence-electron chi connectivity index (χ0n) is 16.3. The Bertz CT molecular complexity index is 592. The van der Waals surface area contributed by atoms with Crippen LogP contribution >= 0.6 is 11.8 Å². The zero-order chi connectivity index (χ0) is 18.7. The van der Waals surface area contributed by atoms with Crippen LogP contribution in [0.25, 0.3) is 0 Å². The molecule has 0 aromatic carbocycles. The van der Waals surface area contributed by atoms with Crippen LogP contribution in [0, 0.1) is 5.41 Å². The fourth-order valence-electron chi connectivity index (χ4n) is 3.90. The van der Waals surface area contributed by atoms with Crippen molar-refractivity contribution in [3.63, 3.8) is 0 Å². The minimum atomic E-state index is -0.811. The second kappa shape index (κ2) is 8.36. The van der Waals surface area contributed by atoms with E-state index in [4.69, 9.17) is 4.74 Å². The van der Waals surface area contributed by atoms with Crippen molar-refractivity contribution in [1.29, 1.82) is 0 Å². The third kappa shape index (κ3) is 4.46. The summed E-state index contributed by atoms with van der Waals surface area (Å²) in [5, 5.41) is 10.8. The first kappa shape index (κ1) is 19.8. The minimum absolute atomic E-state index is 0.142. The highest BCUT2D eigenvalue weighted by molar-refractivity contribution is 8.03. The number of aliphatic carboxylic acids is 1. The van der Waals surface area contributed by atoms with E-state index in [1.165, 1.54) is 19.3 Å². The van der Waals surface area contributed by atoms with E-state index in [9.17, 15) is 9.90 Å². The molecule has 0 radical (unpaired) electrons. The molecule has 1 saturated heterocycles. The highest BCUT2D eigenvalue weighted by Gasteiger charge is 2.38. The van der Waals surface area contributed by atoms with Crippen molar-refractivity contribution in [2.24, 2.45) is 5.41 Å². The maximum absolute atomic E-state index is 11.9. The predicted molar refractivity (Wildman–Crippen MR) is 106 cm³/mol. The van der Waals surface area contributed by atoms with Gasteiger partial charge in [0.15, 0.2) is 0 Å². The Balaban J connectivity index is 1.84. The topological polar surface area (TPSA) is 53.0 Å². The van der Waals surface area contributed by atoms with Gasteiger partial charge in [0, 0.05) is 19.6 Å². The van der Waals surface area contributed by atoms with Crippen LogP contribution in [0.4, 0.5) is 0 Å². The highest BCUT2D eigenvalue weighted by Crippen LogP contribution is 2.49. The molecule has 0 aromatic rings. The molecular weight excluding hydrogens is 348 g/mol. The summed E-state index contributed by atoms with van der Waals surface area (Å²) in [6, 6.07) is 0. The zero-order valence-corrected chi connectivity index (χ0v) is 17.1. The van der Waals surface area contributed by atoms with Crippen molar-refractivity contribution in [2.45, 2.75) is 52.6 Å². The third-order valence-corrected chi connectivity index (χ3v) is 6.79. The quantitative estimate of drug-likeness (QED) is 0.695. The van der Waals surface area contributed by atoms with Crippen LogP contribution in [0.1, 0.15) is 46.5 Å². The van der Waals surface area contributed by atoms with Gasteiger partial charge in [0.25, 0.3) is 0 Å². The third-order valence-electron chi connectivity index (χ3n) is 5.79. The van der Waals surface area contributed by atoms with Gasteiger partial charge in [-0.05, 0) is 55.4 Å². The van der Waals surface area contributed by atoms with Crippen LogP contribution in [-0.4, -0.2) is 65.6 Å². The molecule has 2 fully saturated rings. The molecule has 1 atom stereocenters. The van der Waals surface area contributed by atoms with E-state index >= 15 is 0 Å². The molecule has 1 saturated carbocycles. The number of morpholine rings is 1. The van der Waals surface area contributed by atoms with E-state index in [-0.39, 0.29) is 6.17 Å². The molecule has 0 bridgehead atoms. The fourth-order valence-corrected chi connectivity index (χ4v) is 4.93. The van der Waals surface area contributed by atoms with Crippen LogP contribution in [0.15, 0.2) is 22.3 Å². The monoisotopic (exact) mass is 380 g/mol. The first-order chi connectivity index (χ1) is 12.4. The molecule has 0 aromatic heterocycles. The number of hydrogen-bond acceptors (Lipinski definition) is 5. The van der Waals surface area contributed by atoms with Gasteiger partial charge < -0.3 is 14.7 Å². The van der Waals surface area contributed by atoms with Gasteiger partial charge in [0.1, 0.15) is 6.17 Å². The molecule has 3 aliphatic rings. The van der Waals surface area contributed by atoms with E-state index < -0.39 is 5.97 Å². The first-order valence-corrected chi connectivity index (χ1v) is 10.8. The standard InChI is InChI=1S/C20H32N2O3S/c1-4-26-18-17(19(23)24)15(2)14-16(21-10-12-25-13-11-21)22(18)9-5-6-20(3)7-8-20/h14,16H,4-13H2,1-3H3,(H,23,24). The van der Waals surface area contributed by atoms with Gasteiger partial charge in [0.2, 0.25) is 0 Å². The summed E-state index contributed by atoms with van der Waals surface area (Å²) < 4.78 is 5.53. The molecular formula is C20H32N2O3S. The number of hydrogen-bond donors (Lipinski definition) is 1. The summed E-state index contributed by atoms with van der Waals surface area (Å²) >= 11 is 1.67. The summed E-state index contributed by atoms with van der Waals surface area (Å²) in [7, 11) is 0. The Morgan fingerprint density at radius 3 is 2.65 bits per heavy atom. The molecule has 6 heteroatoms. The normalized spacial score (nSPS) is 26.0. The lowest BCUT2D eigenvalue weighted by Gasteiger charge is -2.44. The molecule has 1 unspecified atom stereocenters. The van der Waals surface area contributed by atoms with Crippen molar-refractivity contribution >= 4 is 17.7 Å². The van der Waals surface area contributed by atoms with Crippen LogP contribution < -0.4 is 0 Å². The van der Waals surface area contributed by atoms with E-state index in [2.05, 4.69) is 29.7 Å². The number of carboxylic acids is 1. The predicted octanol–water partition coefficient (Wildman–Crippen LogP) is 3.54. The van der Waals surface area contributed by atoms with E-state index in [0.29, 0.717) is 11.0 Å². The van der Waals surface area contributed by atoms with E-state index in [1.54, 1.807) is 11.8 Å². The molecule has 0 spiro atoms. The summed E-state index contributed by atoms with van der Waals surface area (Å²) in [6.07, 6.45) is 7.31. The Morgan fingerprint density at radius 2 is 2.08 bits per heavy atom. The average molecular weight is 381 g/mol. The van der Waals surface area contributed by atoms with E-state index in [1.807, 2.05) is 6.92 Å². The number of carbonyl (C=O) groups is 1. The molecule has 1 N–H and O–H groups in total. The molecule has 5 nitrogen and oxygen atoms in total. The summed E-state index contributed by atoms with van der Waals surface area (Å²) in [5.74, 6) is 0.0676. The van der Waals surface area contributed by atoms with Crippen LogP contribution in [-0.2, 0) is 9.53 Å².